The molecule has 0 saturated heterocycles. The van der Waals surface area contributed by atoms with Crippen molar-refractivity contribution in [2.75, 3.05) is 0 Å². The van der Waals surface area contributed by atoms with Gasteiger partial charge in [-0.05, 0) is 48.1 Å². The molecule has 8 nitrogen and oxygen atoms in total. The summed E-state index contributed by atoms with van der Waals surface area (Å²) in [4.78, 5) is 43.3. The maximum Gasteiger partial charge on any atom is 0.261 e. The van der Waals surface area contributed by atoms with E-state index in [4.69, 9.17) is 0 Å². The fourth-order valence-electron chi connectivity index (χ4n) is 7.19. The van der Waals surface area contributed by atoms with Crippen LogP contribution in [0.15, 0.2) is 79.0 Å². The van der Waals surface area contributed by atoms with Crippen LogP contribution >= 0.6 is 0 Å². The van der Waals surface area contributed by atoms with Crippen LogP contribution in [-0.4, -0.2) is 37.8 Å². The second-order valence-electron chi connectivity index (χ2n) is 12.5. The Morgan fingerprint density at radius 1 is 0.844 bits per heavy atom. The van der Waals surface area contributed by atoms with Gasteiger partial charge in [-0.3, -0.25) is 25.2 Å². The predicted octanol–water partition coefficient (Wildman–Crippen LogP) is 6.37. The van der Waals surface area contributed by atoms with Gasteiger partial charge in [-0.1, -0.05) is 88.7 Å². The number of carbonyl (C=O) groups is 3. The molecule has 2 aromatic heterocycles. The van der Waals surface area contributed by atoms with Crippen molar-refractivity contribution in [2.24, 2.45) is 13.0 Å². The van der Waals surface area contributed by atoms with Crippen LogP contribution in [0.3, 0.4) is 0 Å². The zero-order chi connectivity index (χ0) is 32.0. The summed E-state index contributed by atoms with van der Waals surface area (Å²) in [7, 11) is 1.99. The molecule has 2 N–H and O–H groups in total. The average Bonchev–Trinajstić information content (AvgIpc) is 3.62. The Kier molecular flexibility index (Phi) is 7.99. The minimum atomic E-state index is -0.819. The Morgan fingerprint density at radius 3 is 2.20 bits per heavy atom. The molecule has 0 fully saturated rings. The highest BCUT2D eigenvalue weighted by atomic mass is 16.2. The molecule has 3 atom stereocenters. The van der Waals surface area contributed by atoms with Gasteiger partial charge in [0.1, 0.15) is 12.6 Å². The van der Waals surface area contributed by atoms with Crippen LogP contribution in [0.5, 0.6) is 0 Å². The fourth-order valence-corrected chi connectivity index (χ4v) is 7.19. The van der Waals surface area contributed by atoms with E-state index >= 15 is 0 Å². The molecule has 5 aromatic rings. The monoisotopic (exact) mass is 603 g/mol. The van der Waals surface area contributed by atoms with E-state index in [0.717, 1.165) is 38.6 Å². The maximum absolute atomic E-state index is 14.1. The van der Waals surface area contributed by atoms with Crippen LogP contribution in [0.4, 0.5) is 0 Å². The van der Waals surface area contributed by atoms with Crippen molar-refractivity contribution in [3.63, 3.8) is 0 Å². The Labute approximate surface area is 264 Å². The van der Waals surface area contributed by atoms with Crippen LogP contribution in [0.1, 0.15) is 78.8 Å². The van der Waals surface area contributed by atoms with E-state index in [2.05, 4.69) is 53.7 Å². The van der Waals surface area contributed by atoms with E-state index < -0.39 is 18.0 Å². The van der Waals surface area contributed by atoms with Crippen molar-refractivity contribution < 1.29 is 14.4 Å². The van der Waals surface area contributed by atoms with Crippen LogP contribution in [0, 0.1) is 12.8 Å². The number of amides is 3. The van der Waals surface area contributed by atoms with Crippen molar-refractivity contribution in [2.45, 2.75) is 65.6 Å². The number of hydrazine groups is 1. The zero-order valence-electron chi connectivity index (χ0n) is 26.8. The predicted molar refractivity (Wildman–Crippen MR) is 178 cm³/mol. The molecule has 45 heavy (non-hydrogen) atoms. The third-order valence-corrected chi connectivity index (χ3v) is 9.46. The highest BCUT2D eigenvalue weighted by Crippen LogP contribution is 2.44. The lowest BCUT2D eigenvalue weighted by molar-refractivity contribution is -0.133. The minimum Gasteiger partial charge on any atom is -0.350 e. The zero-order valence-corrected chi connectivity index (χ0v) is 26.8. The molecule has 6 rings (SSSR count). The minimum absolute atomic E-state index is 0.0556. The normalized spacial score (nSPS) is 15.9. The van der Waals surface area contributed by atoms with Gasteiger partial charge in [0.25, 0.3) is 17.7 Å². The lowest BCUT2D eigenvalue weighted by Crippen LogP contribution is -2.56. The fraction of sp³-hybridized carbons (Fsp3) is 0.324. The van der Waals surface area contributed by atoms with Gasteiger partial charge >= 0.3 is 0 Å². The van der Waals surface area contributed by atoms with Crippen molar-refractivity contribution in [3.05, 3.63) is 107 Å². The number of fused-ring (bicyclic) bond motifs is 3. The van der Waals surface area contributed by atoms with E-state index in [9.17, 15) is 14.4 Å². The molecular formula is C37H41N5O3. The molecule has 3 unspecified atom stereocenters. The van der Waals surface area contributed by atoms with Gasteiger partial charge < -0.3 is 14.0 Å². The molecule has 1 aliphatic rings. The summed E-state index contributed by atoms with van der Waals surface area (Å²) in [5.74, 6) is -0.826. The number of para-hydroxylation sites is 2. The van der Waals surface area contributed by atoms with Gasteiger partial charge in [0.05, 0.1) is 6.04 Å². The largest absolute Gasteiger partial charge is 0.350 e. The molecule has 3 amide bonds. The van der Waals surface area contributed by atoms with E-state index in [1.165, 1.54) is 5.56 Å². The summed E-state index contributed by atoms with van der Waals surface area (Å²) in [6, 6.07) is 22.5. The molecule has 3 aromatic carbocycles. The number of nitrogens with one attached hydrogen (secondary N) is 2. The number of carbonyl (C=O) groups excluding carboxylic acids is 3. The van der Waals surface area contributed by atoms with E-state index in [0.29, 0.717) is 17.9 Å². The topological polar surface area (TPSA) is 88.4 Å². The number of aryl methyl sites for hydroxylation is 1. The second kappa shape index (κ2) is 11.9. The first-order valence-electron chi connectivity index (χ1n) is 15.8. The van der Waals surface area contributed by atoms with Crippen molar-refractivity contribution >= 4 is 39.5 Å². The molecule has 232 valence electrons. The summed E-state index contributed by atoms with van der Waals surface area (Å²) in [6.45, 7) is 10.4. The number of hydrogen-bond acceptors (Lipinski definition) is 3. The summed E-state index contributed by atoms with van der Waals surface area (Å²) in [6.07, 6.45) is 2.72. The summed E-state index contributed by atoms with van der Waals surface area (Å²) < 4.78 is 4.06. The highest BCUT2D eigenvalue weighted by Gasteiger charge is 2.46. The lowest BCUT2D eigenvalue weighted by Gasteiger charge is -2.36. The van der Waals surface area contributed by atoms with Crippen LogP contribution in [0.2, 0.25) is 0 Å². The Bertz CT molecular complexity index is 1930. The van der Waals surface area contributed by atoms with E-state index in [-0.39, 0.29) is 24.3 Å². The Morgan fingerprint density at radius 2 is 1.49 bits per heavy atom. The first kappa shape index (κ1) is 30.2. The van der Waals surface area contributed by atoms with Gasteiger partial charge in [-0.15, -0.1) is 0 Å². The average molecular weight is 604 g/mol. The van der Waals surface area contributed by atoms with Crippen LogP contribution in [0.25, 0.3) is 21.8 Å². The number of benzene rings is 3. The molecule has 0 radical (unpaired) electrons. The standard InChI is InChI=1S/C37H41N5O3/c1-7-23(4)34(36(44)39-38-32(43)21-41-24(5)33(22(2)3)28-17-11-13-19-31(28)41)42-35(26-15-8-9-16-27(26)37(42)45)29-20-40(6)30-18-12-10-14-25(29)30/h8-20,22-23,34-35H,7,21H2,1-6H3,(H,38,43)(H,39,44). The number of rotatable bonds is 8. The van der Waals surface area contributed by atoms with Gasteiger partial charge in [-0.25, -0.2) is 0 Å². The van der Waals surface area contributed by atoms with Gasteiger partial charge in [-0.2, -0.15) is 0 Å². The van der Waals surface area contributed by atoms with Gasteiger partial charge in [0.2, 0.25) is 0 Å². The first-order chi connectivity index (χ1) is 21.6. The molecule has 0 saturated carbocycles. The van der Waals surface area contributed by atoms with Gasteiger partial charge in [0, 0.05) is 51.9 Å². The van der Waals surface area contributed by atoms with Crippen LogP contribution in [-0.2, 0) is 23.2 Å². The Hall–Kier alpha value is -4.85. The SMILES string of the molecule is CCC(C)C(C(=O)NNC(=O)Cn1c(C)c(C(C)C)c2ccccc21)N1C(=O)c2ccccc2C1c1cn(C)c2ccccc12. The first-order valence-corrected chi connectivity index (χ1v) is 15.8. The molecule has 8 heteroatoms. The number of hydrogen-bond donors (Lipinski definition) is 2. The molecule has 1 aliphatic heterocycles. The molecular weight excluding hydrogens is 562 g/mol. The summed E-state index contributed by atoms with van der Waals surface area (Å²) in [5.41, 5.74) is 12.1. The Balaban J connectivity index is 1.31. The van der Waals surface area contributed by atoms with Gasteiger partial charge in [0.15, 0.2) is 0 Å². The van der Waals surface area contributed by atoms with Crippen LogP contribution < -0.4 is 10.9 Å². The third-order valence-electron chi connectivity index (χ3n) is 9.46. The molecule has 0 aliphatic carbocycles. The summed E-state index contributed by atoms with van der Waals surface area (Å²) in [5, 5.41) is 2.16. The van der Waals surface area contributed by atoms with E-state index in [1.54, 1.807) is 4.90 Å². The quantitative estimate of drug-likeness (QED) is 0.202. The third kappa shape index (κ3) is 5.08. The van der Waals surface area contributed by atoms with Crippen molar-refractivity contribution in [3.8, 4) is 0 Å². The van der Waals surface area contributed by atoms with Crippen molar-refractivity contribution in [1.82, 2.24) is 24.9 Å². The lowest BCUT2D eigenvalue weighted by atomic mass is 9.93. The summed E-state index contributed by atoms with van der Waals surface area (Å²) >= 11 is 0. The number of nitrogens with zero attached hydrogens (tertiary/aromatic N) is 3. The molecule has 3 heterocycles. The van der Waals surface area contributed by atoms with Crippen molar-refractivity contribution in [1.29, 1.82) is 0 Å². The molecule has 0 bridgehead atoms. The highest BCUT2D eigenvalue weighted by molar-refractivity contribution is 6.03. The smallest absolute Gasteiger partial charge is 0.261 e. The van der Waals surface area contributed by atoms with E-state index in [1.807, 2.05) is 87.0 Å². The number of aromatic nitrogens is 2. The molecule has 0 spiro atoms. The second-order valence-corrected chi connectivity index (χ2v) is 12.5. The maximum atomic E-state index is 14.1.